The molecule has 0 aliphatic rings. The lowest BCUT2D eigenvalue weighted by atomic mass is 9.94. The maximum absolute atomic E-state index is 9.43. The van der Waals surface area contributed by atoms with Gasteiger partial charge in [-0.05, 0) is 29.9 Å². The second-order valence-corrected chi connectivity index (χ2v) is 6.34. The Bertz CT molecular complexity index is 576. The van der Waals surface area contributed by atoms with E-state index in [0.717, 1.165) is 18.4 Å². The van der Waals surface area contributed by atoms with E-state index in [1.807, 2.05) is 36.4 Å². The molecular weight excluding hydrogens is 344 g/mol. The minimum atomic E-state index is -0.950. The Kier molecular flexibility index (Phi) is 12.3. The fourth-order valence-corrected chi connectivity index (χ4v) is 2.64. The first-order valence-corrected chi connectivity index (χ1v) is 9.39. The number of benzene rings is 2. The van der Waals surface area contributed by atoms with Crippen LogP contribution in [-0.2, 0) is 11.2 Å². The van der Waals surface area contributed by atoms with Gasteiger partial charge < -0.3 is 25.2 Å². The maximum atomic E-state index is 9.43. The minimum absolute atomic E-state index is 0.0650. The smallest absolute Gasteiger partial charge is 0.158 e. The normalized spacial score (nSPS) is 14.0. The van der Waals surface area contributed by atoms with Crippen LogP contribution in [0.15, 0.2) is 60.7 Å². The summed E-state index contributed by atoms with van der Waals surface area (Å²) >= 11 is 0. The van der Waals surface area contributed by atoms with Gasteiger partial charge in [-0.2, -0.15) is 0 Å². The summed E-state index contributed by atoms with van der Waals surface area (Å²) in [5, 5.41) is 35.8. The number of ether oxygens (including phenoxy) is 1. The SMILES string of the molecule is CCC(CCO)c1ccccc1.OCC(O)COC(O)Cc1ccccc1. The van der Waals surface area contributed by atoms with Crippen molar-refractivity contribution >= 4 is 0 Å². The first-order valence-electron chi connectivity index (χ1n) is 9.39. The van der Waals surface area contributed by atoms with Gasteiger partial charge in [0.2, 0.25) is 0 Å². The lowest BCUT2D eigenvalue weighted by Crippen LogP contribution is -2.25. The van der Waals surface area contributed by atoms with E-state index in [0.29, 0.717) is 12.3 Å². The van der Waals surface area contributed by atoms with Crippen LogP contribution in [-0.4, -0.2) is 52.6 Å². The molecule has 0 fully saturated rings. The van der Waals surface area contributed by atoms with Crippen LogP contribution < -0.4 is 0 Å². The molecule has 0 aliphatic carbocycles. The third-order valence-corrected chi connectivity index (χ3v) is 4.19. The van der Waals surface area contributed by atoms with Gasteiger partial charge in [-0.25, -0.2) is 0 Å². The van der Waals surface area contributed by atoms with Crippen molar-refractivity contribution in [2.45, 2.75) is 44.5 Å². The molecule has 5 nitrogen and oxygen atoms in total. The van der Waals surface area contributed by atoms with Crippen LogP contribution in [0.4, 0.5) is 0 Å². The Labute approximate surface area is 161 Å². The van der Waals surface area contributed by atoms with E-state index in [4.69, 9.17) is 20.1 Å². The zero-order chi connectivity index (χ0) is 19.9. The van der Waals surface area contributed by atoms with Crippen molar-refractivity contribution in [3.8, 4) is 0 Å². The predicted molar refractivity (Wildman–Crippen MR) is 106 cm³/mol. The third-order valence-electron chi connectivity index (χ3n) is 4.19. The topological polar surface area (TPSA) is 90.2 Å². The van der Waals surface area contributed by atoms with E-state index >= 15 is 0 Å². The lowest BCUT2D eigenvalue weighted by molar-refractivity contribution is -0.125. The Hall–Kier alpha value is -1.76. The Morgan fingerprint density at radius 1 is 0.889 bits per heavy atom. The molecule has 2 rings (SSSR count). The summed E-state index contributed by atoms with van der Waals surface area (Å²) in [6.07, 6.45) is 0.466. The van der Waals surface area contributed by atoms with Crippen LogP contribution in [0, 0.1) is 0 Å². The van der Waals surface area contributed by atoms with E-state index in [2.05, 4.69) is 31.2 Å². The summed E-state index contributed by atoms with van der Waals surface area (Å²) in [6.45, 7) is 2.02. The first-order chi connectivity index (χ1) is 13.1. The fraction of sp³-hybridized carbons (Fsp3) is 0.455. The zero-order valence-electron chi connectivity index (χ0n) is 15.9. The highest BCUT2D eigenvalue weighted by Gasteiger charge is 2.09. The minimum Gasteiger partial charge on any atom is -0.396 e. The van der Waals surface area contributed by atoms with Gasteiger partial charge in [-0.3, -0.25) is 0 Å². The second-order valence-electron chi connectivity index (χ2n) is 6.34. The third kappa shape index (κ3) is 10.2. The Balaban J connectivity index is 0.000000277. The van der Waals surface area contributed by atoms with Crippen molar-refractivity contribution in [1.82, 2.24) is 0 Å². The van der Waals surface area contributed by atoms with Crippen LogP contribution in [0.25, 0.3) is 0 Å². The number of hydrogen-bond donors (Lipinski definition) is 4. The largest absolute Gasteiger partial charge is 0.396 e. The van der Waals surface area contributed by atoms with E-state index in [1.165, 1.54) is 5.56 Å². The average Bonchev–Trinajstić information content (AvgIpc) is 2.72. The van der Waals surface area contributed by atoms with Crippen molar-refractivity contribution in [3.05, 3.63) is 71.8 Å². The summed E-state index contributed by atoms with van der Waals surface area (Å²) in [6, 6.07) is 19.8. The van der Waals surface area contributed by atoms with Crippen LogP contribution in [0.5, 0.6) is 0 Å². The second kappa shape index (κ2) is 14.3. The van der Waals surface area contributed by atoms with Crippen molar-refractivity contribution in [1.29, 1.82) is 0 Å². The molecule has 4 N–H and O–H groups in total. The molecule has 150 valence electrons. The molecule has 0 aliphatic heterocycles. The van der Waals surface area contributed by atoms with Gasteiger partial charge in [0.25, 0.3) is 0 Å². The number of hydrogen-bond acceptors (Lipinski definition) is 5. The number of rotatable bonds is 10. The summed E-state index contributed by atoms with van der Waals surface area (Å²) in [5.41, 5.74) is 2.30. The molecule has 27 heavy (non-hydrogen) atoms. The van der Waals surface area contributed by atoms with E-state index in [9.17, 15) is 5.11 Å². The van der Waals surface area contributed by atoms with Crippen molar-refractivity contribution < 1.29 is 25.2 Å². The fourth-order valence-electron chi connectivity index (χ4n) is 2.64. The van der Waals surface area contributed by atoms with Crippen LogP contribution in [0.1, 0.15) is 36.8 Å². The number of aliphatic hydroxyl groups is 4. The summed E-state index contributed by atoms with van der Waals surface area (Å²) in [4.78, 5) is 0. The van der Waals surface area contributed by atoms with Gasteiger partial charge in [-0.1, -0.05) is 67.6 Å². The molecule has 3 unspecified atom stereocenters. The molecule has 0 bridgehead atoms. The van der Waals surface area contributed by atoms with Gasteiger partial charge in [0.05, 0.1) is 13.2 Å². The molecule has 0 saturated heterocycles. The summed E-state index contributed by atoms with van der Waals surface area (Å²) in [7, 11) is 0. The molecule has 0 radical (unpaired) electrons. The predicted octanol–water partition coefficient (Wildman–Crippen LogP) is 2.48. The molecule has 0 heterocycles. The highest BCUT2D eigenvalue weighted by atomic mass is 16.6. The molecule has 5 heteroatoms. The van der Waals surface area contributed by atoms with Gasteiger partial charge >= 0.3 is 0 Å². The monoisotopic (exact) mass is 376 g/mol. The van der Waals surface area contributed by atoms with Crippen molar-refractivity contribution in [2.24, 2.45) is 0 Å². The molecule has 0 amide bonds. The van der Waals surface area contributed by atoms with E-state index in [-0.39, 0.29) is 19.8 Å². The van der Waals surface area contributed by atoms with E-state index in [1.54, 1.807) is 0 Å². The highest BCUT2D eigenvalue weighted by molar-refractivity contribution is 5.19. The quantitative estimate of drug-likeness (QED) is 0.478. The Morgan fingerprint density at radius 3 is 2.00 bits per heavy atom. The molecule has 0 aromatic heterocycles. The van der Waals surface area contributed by atoms with E-state index < -0.39 is 12.4 Å². The van der Waals surface area contributed by atoms with Crippen LogP contribution >= 0.6 is 0 Å². The molecule has 0 saturated carbocycles. The summed E-state index contributed by atoms with van der Waals surface area (Å²) < 4.78 is 4.94. The van der Waals surface area contributed by atoms with Crippen LogP contribution in [0.2, 0.25) is 0 Å². The molecular formula is C22H32O5. The molecule has 2 aromatic carbocycles. The molecule has 2 aromatic rings. The van der Waals surface area contributed by atoms with Gasteiger partial charge in [0.1, 0.15) is 6.10 Å². The van der Waals surface area contributed by atoms with Gasteiger partial charge in [0, 0.05) is 13.0 Å². The zero-order valence-corrected chi connectivity index (χ0v) is 15.9. The standard InChI is InChI=1S/C11H16O4.C11H16O/c12-7-10(13)8-15-11(14)6-9-4-2-1-3-5-9;1-2-10(8-9-12)11-6-4-3-5-7-11/h1-5,10-14H,6-8H2;3-7,10,12H,2,8-9H2,1H3. The van der Waals surface area contributed by atoms with Crippen molar-refractivity contribution in [2.75, 3.05) is 19.8 Å². The molecule has 3 atom stereocenters. The van der Waals surface area contributed by atoms with Gasteiger partial charge in [0.15, 0.2) is 6.29 Å². The summed E-state index contributed by atoms with van der Waals surface area (Å²) in [5.74, 6) is 0.524. The number of aliphatic hydroxyl groups excluding tert-OH is 4. The average molecular weight is 376 g/mol. The van der Waals surface area contributed by atoms with Crippen molar-refractivity contribution in [3.63, 3.8) is 0 Å². The lowest BCUT2D eigenvalue weighted by Gasteiger charge is -2.14. The maximum Gasteiger partial charge on any atom is 0.158 e. The first kappa shape index (κ1) is 23.3. The Morgan fingerprint density at radius 2 is 1.48 bits per heavy atom. The van der Waals surface area contributed by atoms with Crippen LogP contribution in [0.3, 0.4) is 0 Å². The highest BCUT2D eigenvalue weighted by Crippen LogP contribution is 2.21. The van der Waals surface area contributed by atoms with Gasteiger partial charge in [-0.15, -0.1) is 0 Å². The molecule has 0 spiro atoms.